The third kappa shape index (κ3) is 3.28. The molecule has 0 aromatic heterocycles. The van der Waals surface area contributed by atoms with Crippen LogP contribution in [-0.2, 0) is 9.53 Å². The van der Waals surface area contributed by atoms with Gasteiger partial charge in [-0.1, -0.05) is 6.58 Å². The first-order chi connectivity index (χ1) is 4.57. The van der Waals surface area contributed by atoms with Crippen molar-refractivity contribution < 1.29 is 9.53 Å². The number of rotatable bonds is 3. The molecule has 2 nitrogen and oxygen atoms in total. The van der Waals surface area contributed by atoms with E-state index in [4.69, 9.17) is 4.74 Å². The summed E-state index contributed by atoms with van der Waals surface area (Å²) in [5, 5.41) is 0. The largest absolute Gasteiger partial charge is 0.459 e. The lowest BCUT2D eigenvalue weighted by molar-refractivity contribution is -0.143. The molecule has 2 heteroatoms. The van der Waals surface area contributed by atoms with Crippen LogP contribution in [0.4, 0.5) is 0 Å². The molecule has 0 bridgehead atoms. The van der Waals surface area contributed by atoms with E-state index < -0.39 is 0 Å². The Morgan fingerprint density at radius 3 is 2.50 bits per heavy atom. The van der Waals surface area contributed by atoms with Gasteiger partial charge in [0.05, 0.1) is 6.10 Å². The third-order valence-corrected chi connectivity index (χ3v) is 1.06. The van der Waals surface area contributed by atoms with Gasteiger partial charge in [0.25, 0.3) is 0 Å². The summed E-state index contributed by atoms with van der Waals surface area (Å²) in [6.45, 7) is 10.5. The molecule has 57 valence electrons. The Morgan fingerprint density at radius 1 is 1.70 bits per heavy atom. The summed E-state index contributed by atoms with van der Waals surface area (Å²) in [7, 11) is 0. The number of esters is 1. The fraction of sp³-hybridized carbons (Fsp3) is 0.500. The molecule has 0 aliphatic carbocycles. The van der Waals surface area contributed by atoms with Crippen LogP contribution < -0.4 is 0 Å². The van der Waals surface area contributed by atoms with Crippen LogP contribution in [-0.4, -0.2) is 12.1 Å². The number of hydrogen-bond acceptors (Lipinski definition) is 2. The highest BCUT2D eigenvalue weighted by atomic mass is 16.5. The molecule has 0 N–H and O–H groups in total. The van der Waals surface area contributed by atoms with E-state index in [0.29, 0.717) is 12.0 Å². The second-order valence-electron chi connectivity index (χ2n) is 2.28. The van der Waals surface area contributed by atoms with Crippen molar-refractivity contribution in [2.75, 3.05) is 0 Å². The molecule has 0 spiro atoms. The van der Waals surface area contributed by atoms with Crippen molar-refractivity contribution in [3.63, 3.8) is 0 Å². The molecule has 1 radical (unpaired) electrons. The Kier molecular flexibility index (Phi) is 3.77. The molecule has 0 aromatic rings. The Morgan fingerprint density at radius 2 is 2.20 bits per heavy atom. The van der Waals surface area contributed by atoms with Crippen LogP contribution in [0.25, 0.3) is 0 Å². The highest BCUT2D eigenvalue weighted by Crippen LogP contribution is 2.00. The topological polar surface area (TPSA) is 26.3 Å². The third-order valence-electron chi connectivity index (χ3n) is 1.06. The van der Waals surface area contributed by atoms with Gasteiger partial charge in [-0.05, 0) is 27.2 Å². The Bertz CT molecular complexity index is 138. The molecule has 0 saturated heterocycles. The normalized spacial score (nSPS) is 12.3. The molecule has 1 atom stereocenters. The van der Waals surface area contributed by atoms with E-state index in [1.807, 2.05) is 0 Å². The van der Waals surface area contributed by atoms with Crippen molar-refractivity contribution in [2.24, 2.45) is 0 Å². The standard InChI is InChI=1S/C8H13O2/c1-5-7(4)10-8(9)6(2)3/h7H,1-2,5H2,3-4H3. The summed E-state index contributed by atoms with van der Waals surface area (Å²) in [4.78, 5) is 10.8. The maximum atomic E-state index is 10.8. The van der Waals surface area contributed by atoms with Crippen LogP contribution in [0, 0.1) is 6.92 Å². The van der Waals surface area contributed by atoms with Gasteiger partial charge in [-0.3, -0.25) is 0 Å². The molecule has 0 heterocycles. The van der Waals surface area contributed by atoms with Crippen molar-refractivity contribution in [1.29, 1.82) is 0 Å². The Labute approximate surface area is 61.9 Å². The van der Waals surface area contributed by atoms with Crippen LogP contribution in [0.1, 0.15) is 20.3 Å². The van der Waals surface area contributed by atoms with Gasteiger partial charge >= 0.3 is 5.97 Å². The quantitative estimate of drug-likeness (QED) is 0.442. The lowest BCUT2D eigenvalue weighted by Crippen LogP contribution is -2.13. The maximum absolute atomic E-state index is 10.8. The van der Waals surface area contributed by atoms with Crippen molar-refractivity contribution in [1.82, 2.24) is 0 Å². The molecule has 10 heavy (non-hydrogen) atoms. The Balaban J connectivity index is 3.68. The van der Waals surface area contributed by atoms with E-state index in [2.05, 4.69) is 13.5 Å². The molecule has 0 aromatic carbocycles. The lowest BCUT2D eigenvalue weighted by Gasteiger charge is -2.09. The predicted molar refractivity (Wildman–Crippen MR) is 40.3 cm³/mol. The highest BCUT2D eigenvalue weighted by Gasteiger charge is 2.06. The van der Waals surface area contributed by atoms with Crippen molar-refractivity contribution in [3.8, 4) is 0 Å². The lowest BCUT2D eigenvalue weighted by atomic mass is 10.3. The SMILES string of the molecule is [CH2]CC(C)OC(=O)C(=C)C. The summed E-state index contributed by atoms with van der Waals surface area (Å²) < 4.78 is 4.86. The van der Waals surface area contributed by atoms with E-state index in [1.165, 1.54) is 0 Å². The van der Waals surface area contributed by atoms with Crippen LogP contribution in [0.2, 0.25) is 0 Å². The van der Waals surface area contributed by atoms with Gasteiger partial charge < -0.3 is 4.74 Å². The van der Waals surface area contributed by atoms with E-state index in [9.17, 15) is 4.79 Å². The summed E-state index contributed by atoms with van der Waals surface area (Å²) in [5.74, 6) is -0.337. The zero-order valence-electron chi connectivity index (χ0n) is 6.52. The summed E-state index contributed by atoms with van der Waals surface area (Å²) in [6.07, 6.45) is 0.489. The van der Waals surface area contributed by atoms with Gasteiger partial charge in [-0.2, -0.15) is 0 Å². The Hall–Kier alpha value is -0.790. The van der Waals surface area contributed by atoms with Crippen LogP contribution in [0.3, 0.4) is 0 Å². The molecule has 0 rings (SSSR count). The number of hydrogen-bond donors (Lipinski definition) is 0. The maximum Gasteiger partial charge on any atom is 0.333 e. The minimum Gasteiger partial charge on any atom is -0.459 e. The zero-order valence-corrected chi connectivity index (χ0v) is 6.52. The summed E-state index contributed by atoms with van der Waals surface area (Å²) in [5.41, 5.74) is 0.431. The first kappa shape index (κ1) is 9.21. The van der Waals surface area contributed by atoms with Crippen LogP contribution >= 0.6 is 0 Å². The van der Waals surface area contributed by atoms with Crippen LogP contribution in [0.15, 0.2) is 12.2 Å². The average Bonchev–Trinajstić information content (AvgIpc) is 1.87. The summed E-state index contributed by atoms with van der Waals surface area (Å²) >= 11 is 0. The highest BCUT2D eigenvalue weighted by molar-refractivity contribution is 5.87. The molecule has 0 amide bonds. The van der Waals surface area contributed by atoms with Gasteiger partial charge in [0.15, 0.2) is 0 Å². The summed E-state index contributed by atoms with van der Waals surface area (Å²) in [6, 6.07) is 0. The second-order valence-corrected chi connectivity index (χ2v) is 2.28. The van der Waals surface area contributed by atoms with Crippen molar-refractivity contribution in [2.45, 2.75) is 26.4 Å². The van der Waals surface area contributed by atoms with Gasteiger partial charge in [0.2, 0.25) is 0 Å². The van der Waals surface area contributed by atoms with E-state index >= 15 is 0 Å². The molecular weight excluding hydrogens is 128 g/mol. The monoisotopic (exact) mass is 141 g/mol. The minimum atomic E-state index is -0.337. The second kappa shape index (κ2) is 4.09. The zero-order chi connectivity index (χ0) is 8.15. The fourth-order valence-corrected chi connectivity index (χ4v) is 0.342. The van der Waals surface area contributed by atoms with Crippen LogP contribution in [0.5, 0.6) is 0 Å². The van der Waals surface area contributed by atoms with Gasteiger partial charge in [0.1, 0.15) is 0 Å². The minimum absolute atomic E-state index is 0.107. The van der Waals surface area contributed by atoms with E-state index in [-0.39, 0.29) is 12.1 Å². The number of ether oxygens (including phenoxy) is 1. The van der Waals surface area contributed by atoms with E-state index in [1.54, 1.807) is 13.8 Å². The molecule has 0 aliphatic heterocycles. The molecular formula is C8H13O2. The van der Waals surface area contributed by atoms with Gasteiger partial charge in [0, 0.05) is 5.57 Å². The molecule has 0 aliphatic rings. The molecule has 0 saturated carbocycles. The number of carbonyl (C=O) groups is 1. The molecule has 1 unspecified atom stereocenters. The van der Waals surface area contributed by atoms with Crippen molar-refractivity contribution in [3.05, 3.63) is 19.1 Å². The van der Waals surface area contributed by atoms with Gasteiger partial charge in [-0.15, -0.1) is 0 Å². The molecule has 0 fully saturated rings. The van der Waals surface area contributed by atoms with E-state index in [0.717, 1.165) is 0 Å². The van der Waals surface area contributed by atoms with Crippen molar-refractivity contribution >= 4 is 5.97 Å². The fourth-order valence-electron chi connectivity index (χ4n) is 0.342. The smallest absolute Gasteiger partial charge is 0.333 e. The number of carbonyl (C=O) groups excluding carboxylic acids is 1. The first-order valence-electron chi connectivity index (χ1n) is 3.23. The first-order valence-corrected chi connectivity index (χ1v) is 3.23. The predicted octanol–water partition coefficient (Wildman–Crippen LogP) is 1.72. The average molecular weight is 141 g/mol. The van der Waals surface area contributed by atoms with Gasteiger partial charge in [-0.25, -0.2) is 4.79 Å².